The Balaban J connectivity index is 0.000000521. The Labute approximate surface area is 929 Å². The molecule has 0 aliphatic carbocycles. The molecule has 2 saturated heterocycles. The summed E-state index contributed by atoms with van der Waals surface area (Å²) in [6, 6.07) is 101. The standard InChI is InChI=1S/C12H8N2.2C10H8N2.2C9H12N2.5C7H6.2C6H7N.2C5H4BrN.5CH3.10ClH.5Ru/c1-3-9-5-6-10-4-2-8-14-12(10)11(9)13-7-1;2*1-5-11-6-2-9(1)10-3-7-12-8-4-10;2*1-2-8-11(7-1)9-3-5-10-6-4-9;5*1-7-5-3-2-4-6-7;2*1-6-2-4-7-5-3-6;2*6-5-2-1-3-7-4-5;;;;;;;;;;;;;;;;;;;;/h1-8H;2*1-8H;2*3-6H,1-2,7-8H2;5*1-6H;2*2-5H,1H3;2*1-4H;5*1H3;10*1H;;;;;/q;;;;;;;;;;;;;;5*-1;;;;;;;;;;;5*+2/p-10. The Morgan fingerprint density at radius 3 is 0.601 bits per heavy atom. The van der Waals surface area contributed by atoms with Gasteiger partial charge in [0, 0.05) is 194 Å². The maximum Gasteiger partial charge on any atom is 0.0964 e. The number of anilines is 2. The third kappa shape index (κ3) is 62.3. The fourth-order valence-corrected chi connectivity index (χ4v) is 21.2. The molecule has 12 aromatic heterocycles. The zero-order valence-electron chi connectivity index (χ0n) is 79.8. The van der Waals surface area contributed by atoms with Crippen LogP contribution in [0, 0.1) is 51.0 Å². The molecule has 0 amide bonds. The molecule has 143 heavy (non-hydrogen) atoms. The summed E-state index contributed by atoms with van der Waals surface area (Å²) in [5.41, 5.74) is 17.4. The molecule has 0 saturated carbocycles. The van der Waals surface area contributed by atoms with E-state index in [4.69, 9.17) is 96.9 Å². The van der Waals surface area contributed by atoms with E-state index >= 15 is 0 Å². The summed E-state index contributed by atoms with van der Waals surface area (Å²) >= 11 is -1.58. The molecular formula is C112H115Br2Cl10N14Ru5-5. The first kappa shape index (κ1) is 131. The number of aryl methyl sites for hydroxylation is 2. The van der Waals surface area contributed by atoms with Crippen LogP contribution in [0.25, 0.3) is 44.1 Å². The molecule has 0 atom stereocenters. The van der Waals surface area contributed by atoms with E-state index in [9.17, 15) is 0 Å². The number of halogens is 12. The van der Waals surface area contributed by atoms with E-state index in [1.165, 1.54) is 96.6 Å². The molecule has 0 radical (unpaired) electrons. The monoisotopic (exact) mass is 2670 g/mol. The number of hydrogen-bond donors (Lipinski definition) is 0. The minimum Gasteiger partial charge on any atom is -0.371 e. The molecule has 2 aliphatic heterocycles. The number of fused-ring (bicyclic) bond motifs is 3. The summed E-state index contributed by atoms with van der Waals surface area (Å²) in [5, 5.41) is 2.28. The number of nitrogens with zero attached hydrogens (tertiary/aromatic N) is 14. The minimum absolute atomic E-state index is 0. The van der Waals surface area contributed by atoms with Crippen LogP contribution in [0.3, 0.4) is 0 Å². The maximum atomic E-state index is 5.67. The molecule has 762 valence electrons. The van der Waals surface area contributed by atoms with Gasteiger partial charge in [0.1, 0.15) is 0 Å². The van der Waals surface area contributed by atoms with E-state index in [0.29, 0.717) is 0 Å². The predicted octanol–water partition coefficient (Wildman–Crippen LogP) is 33.0. The molecule has 20 rings (SSSR count). The van der Waals surface area contributed by atoms with Gasteiger partial charge in [-0.15, -0.1) is 0 Å². The van der Waals surface area contributed by atoms with Crippen molar-refractivity contribution >= 4 is 185 Å². The quantitative estimate of drug-likeness (QED) is 0.0762. The summed E-state index contributed by atoms with van der Waals surface area (Å²) in [6.07, 6.45) is 44.8. The second kappa shape index (κ2) is 83.6. The molecule has 18 aromatic rings. The van der Waals surface area contributed by atoms with Gasteiger partial charge >= 0.3 is 367 Å². The van der Waals surface area contributed by atoms with Crippen molar-refractivity contribution in [2.45, 2.75) is 39.5 Å². The van der Waals surface area contributed by atoms with Crippen LogP contribution in [0.15, 0.2) is 455 Å². The summed E-state index contributed by atoms with van der Waals surface area (Å²) in [4.78, 5) is 52.7. The first-order valence-electron chi connectivity index (χ1n) is 42.1. The number of benzene rings is 6. The summed E-state index contributed by atoms with van der Waals surface area (Å²) in [5.74, 6) is 0. The molecule has 0 N–H and O–H groups in total. The SMILES string of the molecule is Brc1cccnc1.Brc1cccnc1.Cc1ccncc1.Cc1ccncc1.[CH3-].[CH3-].[CH3-].[CH3-].[CH3-].[Cl][Ru]([Cl])=[CH]c1ccccc1.[Cl][Ru]([Cl])=[CH]c1ccccc1.[Cl][Ru]([Cl])=[CH]c1ccccc1.[Cl][Ru]([Cl])=[CH]c1ccccc1.[Cl][Ru]([Cl])=[CH]c1ccccc1.c1cc(-c2ccncc2)ccn1.c1cc(-c2ccncc2)ccn1.c1cc(N2CCCC2)ccn1.c1cc(N2CCCC2)ccn1.c1cnc2c(c1)ccc1cccnc12. The van der Waals surface area contributed by atoms with E-state index in [2.05, 4.69) is 150 Å². The predicted molar refractivity (Wildman–Crippen MR) is 614 cm³/mol. The summed E-state index contributed by atoms with van der Waals surface area (Å²) in [7, 11) is 56.7. The normalized spacial score (nSPS) is 10.8. The van der Waals surface area contributed by atoms with Crippen LogP contribution in [0.2, 0.25) is 0 Å². The Morgan fingerprint density at radius 2 is 0.427 bits per heavy atom. The van der Waals surface area contributed by atoms with Gasteiger partial charge in [-0.3, -0.25) is 59.8 Å². The van der Waals surface area contributed by atoms with Crippen LogP contribution >= 0.6 is 129 Å². The summed E-state index contributed by atoms with van der Waals surface area (Å²) < 4.78 is 11.7. The average Bonchev–Trinajstić information content (AvgIpc) is 1.61. The van der Waals surface area contributed by atoms with Crippen molar-refractivity contribution in [2.75, 3.05) is 36.0 Å². The topological polar surface area (TPSA) is 161 Å². The van der Waals surface area contributed by atoms with Crippen LogP contribution in [0.1, 0.15) is 64.6 Å². The third-order valence-electron chi connectivity index (χ3n) is 17.9. The smallest absolute Gasteiger partial charge is 0.0964 e. The van der Waals surface area contributed by atoms with E-state index in [1.807, 2.05) is 323 Å². The van der Waals surface area contributed by atoms with Crippen molar-refractivity contribution in [1.29, 1.82) is 0 Å². The van der Waals surface area contributed by atoms with Gasteiger partial charge in [-0.05, 0) is 238 Å². The van der Waals surface area contributed by atoms with Crippen molar-refractivity contribution in [2.24, 2.45) is 0 Å². The summed E-state index contributed by atoms with van der Waals surface area (Å²) in [6.45, 7) is 8.94. The molecule has 2 fully saturated rings. The van der Waals surface area contributed by atoms with Crippen LogP contribution < -0.4 is 9.80 Å². The van der Waals surface area contributed by atoms with E-state index in [-0.39, 0.29) is 37.1 Å². The van der Waals surface area contributed by atoms with Gasteiger partial charge in [0.25, 0.3) is 0 Å². The minimum atomic E-state index is -1.61. The molecule has 14 heterocycles. The van der Waals surface area contributed by atoms with E-state index in [1.54, 1.807) is 112 Å². The van der Waals surface area contributed by atoms with E-state index in [0.717, 1.165) is 58.6 Å². The van der Waals surface area contributed by atoms with Gasteiger partial charge in [0.05, 0.1) is 11.0 Å². The van der Waals surface area contributed by atoms with Crippen molar-refractivity contribution in [3.8, 4) is 22.3 Å². The van der Waals surface area contributed by atoms with Gasteiger partial charge in [-0.2, -0.15) is 0 Å². The maximum absolute atomic E-state index is 5.67. The molecular weight excluding hydrogens is 2560 g/mol. The van der Waals surface area contributed by atoms with Crippen LogP contribution in [-0.2, 0) is 67.6 Å². The van der Waals surface area contributed by atoms with Crippen molar-refractivity contribution in [1.82, 2.24) is 59.8 Å². The zero-order valence-corrected chi connectivity index (χ0v) is 99.2. The van der Waals surface area contributed by atoms with Crippen molar-refractivity contribution < 1.29 is 67.6 Å². The Kier molecular flexibility index (Phi) is 76.4. The second-order valence-corrected chi connectivity index (χ2v) is 58.4. The Morgan fingerprint density at radius 1 is 0.224 bits per heavy atom. The number of rotatable bonds is 9. The molecule has 2 aliphatic rings. The fourth-order valence-electron chi connectivity index (χ4n) is 11.5. The molecule has 0 bridgehead atoms. The van der Waals surface area contributed by atoms with Crippen LogP contribution in [0.5, 0.6) is 0 Å². The molecule has 0 spiro atoms. The fraction of sp³-hybridized carbons (Fsp3) is 0.0893. The van der Waals surface area contributed by atoms with Crippen molar-refractivity contribution in [3.05, 3.63) is 531 Å². The number of hydrogen-bond acceptors (Lipinski definition) is 14. The molecule has 31 heteroatoms. The van der Waals surface area contributed by atoms with Gasteiger partial charge in [-0.25, -0.2) is 0 Å². The van der Waals surface area contributed by atoms with Gasteiger partial charge in [-0.1, -0.05) is 24.3 Å². The second-order valence-electron chi connectivity index (χ2n) is 27.9. The zero-order chi connectivity index (χ0) is 98.3. The largest absolute Gasteiger partial charge is 0.371 e. The average molecular weight is 2680 g/mol. The Bertz CT molecular complexity index is 5630. The van der Waals surface area contributed by atoms with Crippen molar-refractivity contribution in [3.63, 3.8) is 0 Å². The number of aromatic nitrogens is 12. The van der Waals surface area contributed by atoms with Gasteiger partial charge in [0.2, 0.25) is 0 Å². The molecule has 6 aromatic carbocycles. The van der Waals surface area contributed by atoms with Crippen LogP contribution in [-0.4, -0.2) is 109 Å². The first-order chi connectivity index (χ1) is 67.3. The third-order valence-corrected chi connectivity index (χ3v) is 28.2. The first-order valence-corrected chi connectivity index (χ1v) is 71.1. The van der Waals surface area contributed by atoms with Gasteiger partial charge < -0.3 is 46.9 Å². The van der Waals surface area contributed by atoms with Gasteiger partial charge in [0.15, 0.2) is 0 Å². The van der Waals surface area contributed by atoms with Crippen LogP contribution in [0.4, 0.5) is 11.4 Å². The number of pyridine rings is 12. The van der Waals surface area contributed by atoms with E-state index < -0.39 is 67.6 Å². The molecule has 0 unspecified atom stereocenters. The Hall–Kier alpha value is -8.43. The molecule has 14 nitrogen and oxygen atoms in total.